The van der Waals surface area contributed by atoms with Crippen LogP contribution in [0.25, 0.3) is 0 Å². The molecule has 0 aromatic heterocycles. The van der Waals surface area contributed by atoms with E-state index in [1.165, 1.54) is 5.56 Å². The predicted molar refractivity (Wildman–Crippen MR) is 79.9 cm³/mol. The molecule has 0 radical (unpaired) electrons. The van der Waals surface area contributed by atoms with Crippen molar-refractivity contribution in [3.8, 4) is 11.5 Å². The lowest BCUT2D eigenvalue weighted by atomic mass is 10.1. The van der Waals surface area contributed by atoms with Crippen molar-refractivity contribution in [2.24, 2.45) is 0 Å². The van der Waals surface area contributed by atoms with Crippen molar-refractivity contribution < 1.29 is 9.47 Å². The Hall–Kier alpha value is -1.48. The number of benzene rings is 1. The molecule has 0 aliphatic carbocycles. The predicted octanol–water partition coefficient (Wildman–Crippen LogP) is 3.54. The number of ether oxygens (including phenoxy) is 2. The Labute approximate surface area is 116 Å². The van der Waals surface area contributed by atoms with E-state index in [1.54, 1.807) is 6.08 Å². The summed E-state index contributed by atoms with van der Waals surface area (Å²) in [7, 11) is 0. The summed E-state index contributed by atoms with van der Waals surface area (Å²) in [4.78, 5) is 0. The fourth-order valence-electron chi connectivity index (χ4n) is 1.64. The zero-order valence-corrected chi connectivity index (χ0v) is 12.2. The third-order valence-electron chi connectivity index (χ3n) is 2.93. The van der Waals surface area contributed by atoms with E-state index in [4.69, 9.17) is 9.47 Å². The van der Waals surface area contributed by atoms with Gasteiger partial charge in [0.15, 0.2) is 11.5 Å². The summed E-state index contributed by atoms with van der Waals surface area (Å²) < 4.78 is 11.2. The Bertz CT molecular complexity index is 390. The van der Waals surface area contributed by atoms with Crippen LogP contribution >= 0.6 is 0 Å². The molecule has 0 bridgehead atoms. The van der Waals surface area contributed by atoms with Gasteiger partial charge in [-0.25, -0.2) is 0 Å². The smallest absolute Gasteiger partial charge is 0.161 e. The third-order valence-corrected chi connectivity index (χ3v) is 2.93. The third kappa shape index (κ3) is 5.35. The van der Waals surface area contributed by atoms with Crippen molar-refractivity contribution in [3.05, 3.63) is 36.4 Å². The van der Waals surface area contributed by atoms with Crippen molar-refractivity contribution in [2.75, 3.05) is 13.2 Å². The van der Waals surface area contributed by atoms with Crippen LogP contribution in [0.15, 0.2) is 30.9 Å². The summed E-state index contributed by atoms with van der Waals surface area (Å²) in [6.07, 6.45) is 2.85. The first-order chi connectivity index (χ1) is 9.21. The van der Waals surface area contributed by atoms with E-state index in [1.807, 2.05) is 19.1 Å². The highest BCUT2D eigenvalue weighted by molar-refractivity contribution is 5.43. The molecule has 19 heavy (non-hydrogen) atoms. The molecule has 1 N–H and O–H groups in total. The van der Waals surface area contributed by atoms with E-state index in [-0.39, 0.29) is 0 Å². The summed E-state index contributed by atoms with van der Waals surface area (Å²) in [5.41, 5.74) is 1.20. The highest BCUT2D eigenvalue weighted by Gasteiger charge is 2.06. The zero-order chi connectivity index (χ0) is 14.1. The molecule has 3 heteroatoms. The van der Waals surface area contributed by atoms with E-state index >= 15 is 0 Å². The van der Waals surface area contributed by atoms with Crippen LogP contribution in [0.5, 0.6) is 11.5 Å². The first-order valence-corrected chi connectivity index (χ1v) is 6.94. The maximum atomic E-state index is 5.62. The lowest BCUT2D eigenvalue weighted by Crippen LogP contribution is -2.24. The van der Waals surface area contributed by atoms with Crippen LogP contribution in [0.1, 0.15) is 32.8 Å². The summed E-state index contributed by atoms with van der Waals surface area (Å²) in [5, 5.41) is 3.47. The van der Waals surface area contributed by atoms with Crippen molar-refractivity contribution in [1.29, 1.82) is 0 Å². The van der Waals surface area contributed by atoms with E-state index in [0.29, 0.717) is 19.3 Å². The molecule has 1 rings (SSSR count). The minimum absolute atomic E-state index is 0.491. The van der Waals surface area contributed by atoms with Crippen molar-refractivity contribution >= 4 is 0 Å². The van der Waals surface area contributed by atoms with Crippen LogP contribution in [0.4, 0.5) is 0 Å². The SMILES string of the molecule is C=CCOc1ccc(CN[C@@H](C)CC)cc1OCC. The lowest BCUT2D eigenvalue weighted by molar-refractivity contribution is 0.296. The highest BCUT2D eigenvalue weighted by Crippen LogP contribution is 2.28. The van der Waals surface area contributed by atoms with Gasteiger partial charge in [-0.15, -0.1) is 0 Å². The van der Waals surface area contributed by atoms with Crippen LogP contribution in [-0.2, 0) is 6.54 Å². The molecule has 1 atom stereocenters. The second-order valence-corrected chi connectivity index (χ2v) is 4.50. The molecular formula is C16H25NO2. The van der Waals surface area contributed by atoms with Crippen LogP contribution in [0, 0.1) is 0 Å². The van der Waals surface area contributed by atoms with Gasteiger partial charge in [0.25, 0.3) is 0 Å². The van der Waals surface area contributed by atoms with Gasteiger partial charge in [0, 0.05) is 12.6 Å². The monoisotopic (exact) mass is 263 g/mol. The molecule has 0 saturated carbocycles. The van der Waals surface area contributed by atoms with E-state index in [0.717, 1.165) is 24.5 Å². The van der Waals surface area contributed by atoms with E-state index < -0.39 is 0 Å². The first kappa shape index (κ1) is 15.6. The van der Waals surface area contributed by atoms with Gasteiger partial charge in [0.05, 0.1) is 6.61 Å². The number of hydrogen-bond acceptors (Lipinski definition) is 3. The Balaban J connectivity index is 2.73. The van der Waals surface area contributed by atoms with Gasteiger partial charge in [-0.2, -0.15) is 0 Å². The van der Waals surface area contributed by atoms with Crippen LogP contribution < -0.4 is 14.8 Å². The lowest BCUT2D eigenvalue weighted by Gasteiger charge is -2.14. The van der Waals surface area contributed by atoms with Gasteiger partial charge in [0.1, 0.15) is 6.61 Å². The quantitative estimate of drug-likeness (QED) is 0.691. The molecular weight excluding hydrogens is 238 g/mol. The molecule has 0 saturated heterocycles. The second-order valence-electron chi connectivity index (χ2n) is 4.50. The van der Waals surface area contributed by atoms with Gasteiger partial charge in [-0.1, -0.05) is 25.6 Å². The normalized spacial score (nSPS) is 11.9. The maximum Gasteiger partial charge on any atom is 0.161 e. The van der Waals surface area contributed by atoms with Crippen LogP contribution in [0.3, 0.4) is 0 Å². The molecule has 106 valence electrons. The molecule has 0 unspecified atom stereocenters. The molecule has 0 heterocycles. The van der Waals surface area contributed by atoms with Gasteiger partial charge in [0.2, 0.25) is 0 Å². The largest absolute Gasteiger partial charge is 0.490 e. The number of rotatable bonds is 9. The van der Waals surface area contributed by atoms with Gasteiger partial charge < -0.3 is 14.8 Å². The molecule has 0 aliphatic heterocycles. The fraction of sp³-hybridized carbons (Fsp3) is 0.500. The Kier molecular flexibility index (Phi) is 7.04. The molecule has 0 amide bonds. The molecule has 1 aromatic rings. The molecule has 1 aromatic carbocycles. The van der Waals surface area contributed by atoms with Crippen molar-refractivity contribution in [1.82, 2.24) is 5.32 Å². The fourth-order valence-corrected chi connectivity index (χ4v) is 1.64. The number of hydrogen-bond donors (Lipinski definition) is 1. The first-order valence-electron chi connectivity index (χ1n) is 6.94. The second kappa shape index (κ2) is 8.59. The Morgan fingerprint density at radius 3 is 2.68 bits per heavy atom. The minimum Gasteiger partial charge on any atom is -0.490 e. The average Bonchev–Trinajstić information content (AvgIpc) is 2.44. The van der Waals surface area contributed by atoms with Crippen molar-refractivity contribution in [2.45, 2.75) is 39.8 Å². The molecule has 3 nitrogen and oxygen atoms in total. The zero-order valence-electron chi connectivity index (χ0n) is 12.2. The molecule has 0 spiro atoms. The van der Waals surface area contributed by atoms with E-state index in [2.05, 4.69) is 31.8 Å². The Morgan fingerprint density at radius 2 is 2.05 bits per heavy atom. The van der Waals surface area contributed by atoms with Crippen LogP contribution in [0.2, 0.25) is 0 Å². The summed E-state index contributed by atoms with van der Waals surface area (Å²) >= 11 is 0. The van der Waals surface area contributed by atoms with Crippen LogP contribution in [-0.4, -0.2) is 19.3 Å². The average molecular weight is 263 g/mol. The summed E-state index contributed by atoms with van der Waals surface area (Å²) in [6, 6.07) is 6.59. The summed E-state index contributed by atoms with van der Waals surface area (Å²) in [5.74, 6) is 1.57. The maximum absolute atomic E-state index is 5.62. The topological polar surface area (TPSA) is 30.5 Å². The number of nitrogens with one attached hydrogen (secondary N) is 1. The Morgan fingerprint density at radius 1 is 1.26 bits per heavy atom. The molecule has 0 aliphatic rings. The van der Waals surface area contributed by atoms with E-state index in [9.17, 15) is 0 Å². The minimum atomic E-state index is 0.491. The van der Waals surface area contributed by atoms with Gasteiger partial charge >= 0.3 is 0 Å². The van der Waals surface area contributed by atoms with Crippen molar-refractivity contribution in [3.63, 3.8) is 0 Å². The van der Waals surface area contributed by atoms with Gasteiger partial charge in [-0.3, -0.25) is 0 Å². The molecule has 0 fully saturated rings. The summed E-state index contributed by atoms with van der Waals surface area (Å²) in [6.45, 7) is 12.0. The van der Waals surface area contributed by atoms with Gasteiger partial charge in [-0.05, 0) is 38.0 Å². The standard InChI is InChI=1S/C16H25NO2/c1-5-10-19-15-9-8-14(11-16(15)18-7-3)12-17-13(4)6-2/h5,8-9,11,13,17H,1,6-7,10,12H2,2-4H3/t13-/m0/s1. The highest BCUT2D eigenvalue weighted by atomic mass is 16.5.